The number of nitrogens with one attached hydrogen (secondary N) is 2. The lowest BCUT2D eigenvalue weighted by molar-refractivity contribution is 0.342. The highest BCUT2D eigenvalue weighted by Crippen LogP contribution is 2.32. The molecule has 0 aliphatic rings. The van der Waals surface area contributed by atoms with E-state index >= 15 is 0 Å². The summed E-state index contributed by atoms with van der Waals surface area (Å²) in [5.41, 5.74) is 1.58. The molecular formula is C20H22N4O3. The normalized spacial score (nSPS) is 10.2. The highest BCUT2D eigenvalue weighted by molar-refractivity contribution is 5.69. The minimum Gasteiger partial charge on any atom is -0.497 e. The average Bonchev–Trinajstić information content (AvgIpc) is 2.70. The van der Waals surface area contributed by atoms with E-state index in [9.17, 15) is 0 Å². The summed E-state index contributed by atoms with van der Waals surface area (Å²) in [5.74, 6) is 3.43. The van der Waals surface area contributed by atoms with Crippen molar-refractivity contribution in [3.05, 3.63) is 54.9 Å². The Morgan fingerprint density at radius 3 is 2.26 bits per heavy atom. The van der Waals surface area contributed by atoms with Crippen molar-refractivity contribution in [2.45, 2.75) is 6.92 Å². The number of hydrogen-bond donors (Lipinski definition) is 2. The standard InChI is InChI=1S/C20H22N4O3/c1-4-27-18-8-6-5-7-15(18)23-19-12-20(22-13-21-19)24-16-11-14(25-2)9-10-17(16)26-3/h5-13H,4H2,1-3H3,(H2,21,22,23,24). The van der Waals surface area contributed by atoms with Crippen LogP contribution in [0.2, 0.25) is 0 Å². The quantitative estimate of drug-likeness (QED) is 0.612. The zero-order valence-electron chi connectivity index (χ0n) is 15.5. The molecule has 0 fully saturated rings. The zero-order chi connectivity index (χ0) is 19.1. The maximum Gasteiger partial charge on any atom is 0.142 e. The first-order chi connectivity index (χ1) is 13.2. The third-order valence-corrected chi connectivity index (χ3v) is 3.79. The summed E-state index contributed by atoms with van der Waals surface area (Å²) in [6, 6.07) is 15.0. The van der Waals surface area contributed by atoms with E-state index in [0.717, 1.165) is 22.9 Å². The Bertz CT molecular complexity index is 902. The van der Waals surface area contributed by atoms with Gasteiger partial charge in [0, 0.05) is 12.1 Å². The molecule has 0 bridgehead atoms. The van der Waals surface area contributed by atoms with E-state index in [0.29, 0.717) is 24.0 Å². The highest BCUT2D eigenvalue weighted by atomic mass is 16.5. The lowest BCUT2D eigenvalue weighted by Crippen LogP contribution is -2.01. The summed E-state index contributed by atoms with van der Waals surface area (Å²) in [6.45, 7) is 2.54. The maximum atomic E-state index is 5.64. The molecule has 0 saturated carbocycles. The Kier molecular flexibility index (Phi) is 5.94. The van der Waals surface area contributed by atoms with Gasteiger partial charge >= 0.3 is 0 Å². The van der Waals surface area contributed by atoms with E-state index in [-0.39, 0.29) is 0 Å². The highest BCUT2D eigenvalue weighted by Gasteiger charge is 2.08. The van der Waals surface area contributed by atoms with Crippen LogP contribution >= 0.6 is 0 Å². The largest absolute Gasteiger partial charge is 0.497 e. The van der Waals surface area contributed by atoms with Crippen molar-refractivity contribution in [1.29, 1.82) is 0 Å². The number of para-hydroxylation sites is 2. The van der Waals surface area contributed by atoms with Crippen molar-refractivity contribution < 1.29 is 14.2 Å². The number of nitrogens with zero attached hydrogens (tertiary/aromatic N) is 2. The van der Waals surface area contributed by atoms with Gasteiger partial charge in [-0.25, -0.2) is 9.97 Å². The van der Waals surface area contributed by atoms with Gasteiger partial charge in [0.2, 0.25) is 0 Å². The monoisotopic (exact) mass is 366 g/mol. The summed E-state index contributed by atoms with van der Waals surface area (Å²) in [5, 5.41) is 6.50. The molecule has 1 heterocycles. The molecule has 27 heavy (non-hydrogen) atoms. The molecule has 0 amide bonds. The van der Waals surface area contributed by atoms with Gasteiger partial charge in [-0.3, -0.25) is 0 Å². The van der Waals surface area contributed by atoms with Crippen LogP contribution in [0.1, 0.15) is 6.92 Å². The fourth-order valence-corrected chi connectivity index (χ4v) is 2.53. The van der Waals surface area contributed by atoms with Crippen molar-refractivity contribution >= 4 is 23.0 Å². The predicted molar refractivity (Wildman–Crippen MR) is 106 cm³/mol. The van der Waals surface area contributed by atoms with Crippen LogP contribution in [0.5, 0.6) is 17.2 Å². The smallest absolute Gasteiger partial charge is 0.142 e. The van der Waals surface area contributed by atoms with Crippen molar-refractivity contribution in [2.75, 3.05) is 31.5 Å². The third kappa shape index (κ3) is 4.58. The van der Waals surface area contributed by atoms with Crippen LogP contribution in [0, 0.1) is 0 Å². The average molecular weight is 366 g/mol. The van der Waals surface area contributed by atoms with Crippen molar-refractivity contribution in [1.82, 2.24) is 9.97 Å². The van der Waals surface area contributed by atoms with Crippen LogP contribution in [-0.2, 0) is 0 Å². The Hall–Kier alpha value is -3.48. The number of ether oxygens (including phenoxy) is 3. The summed E-state index contributed by atoms with van der Waals surface area (Å²) in [6.07, 6.45) is 1.49. The van der Waals surface area contributed by atoms with Gasteiger partial charge in [0.1, 0.15) is 35.2 Å². The van der Waals surface area contributed by atoms with Crippen LogP contribution in [0.25, 0.3) is 0 Å². The minimum absolute atomic E-state index is 0.588. The van der Waals surface area contributed by atoms with Crippen molar-refractivity contribution in [3.63, 3.8) is 0 Å². The van der Waals surface area contributed by atoms with E-state index in [1.165, 1.54) is 6.33 Å². The molecule has 0 aliphatic heterocycles. The number of anilines is 4. The fourth-order valence-electron chi connectivity index (χ4n) is 2.53. The second kappa shape index (κ2) is 8.75. The van der Waals surface area contributed by atoms with Gasteiger partial charge in [0.15, 0.2) is 0 Å². The topological polar surface area (TPSA) is 77.5 Å². The Balaban J connectivity index is 1.83. The van der Waals surface area contributed by atoms with E-state index in [4.69, 9.17) is 14.2 Å². The molecule has 3 rings (SSSR count). The molecule has 1 aromatic heterocycles. The van der Waals surface area contributed by atoms with Crippen LogP contribution in [-0.4, -0.2) is 30.8 Å². The second-order valence-electron chi connectivity index (χ2n) is 5.53. The lowest BCUT2D eigenvalue weighted by Gasteiger charge is -2.14. The molecule has 0 aliphatic carbocycles. The molecule has 140 valence electrons. The van der Waals surface area contributed by atoms with Crippen LogP contribution in [0.3, 0.4) is 0 Å². The first-order valence-electron chi connectivity index (χ1n) is 8.53. The van der Waals surface area contributed by atoms with Crippen LogP contribution in [0.15, 0.2) is 54.9 Å². The van der Waals surface area contributed by atoms with E-state index in [1.54, 1.807) is 14.2 Å². The van der Waals surface area contributed by atoms with Crippen molar-refractivity contribution in [2.24, 2.45) is 0 Å². The van der Waals surface area contributed by atoms with Crippen LogP contribution < -0.4 is 24.8 Å². The molecule has 0 atom stereocenters. The van der Waals surface area contributed by atoms with Gasteiger partial charge in [-0.15, -0.1) is 0 Å². The number of aromatic nitrogens is 2. The van der Waals surface area contributed by atoms with Gasteiger partial charge in [-0.2, -0.15) is 0 Å². The SMILES string of the molecule is CCOc1ccccc1Nc1cc(Nc2cc(OC)ccc2OC)ncn1. The summed E-state index contributed by atoms with van der Waals surface area (Å²) >= 11 is 0. The molecule has 0 spiro atoms. The van der Waals surface area contributed by atoms with Gasteiger partial charge < -0.3 is 24.8 Å². The molecule has 3 aromatic rings. The number of hydrogen-bond acceptors (Lipinski definition) is 7. The molecule has 0 saturated heterocycles. The van der Waals surface area contributed by atoms with E-state index < -0.39 is 0 Å². The molecule has 7 nitrogen and oxygen atoms in total. The maximum absolute atomic E-state index is 5.64. The fraction of sp³-hybridized carbons (Fsp3) is 0.200. The van der Waals surface area contributed by atoms with Gasteiger partial charge in [0.25, 0.3) is 0 Å². The Labute approximate surface area is 158 Å². The van der Waals surface area contributed by atoms with Gasteiger partial charge in [-0.05, 0) is 31.2 Å². The van der Waals surface area contributed by atoms with E-state index in [2.05, 4.69) is 20.6 Å². The molecule has 0 unspecified atom stereocenters. The van der Waals surface area contributed by atoms with E-state index in [1.807, 2.05) is 55.5 Å². The minimum atomic E-state index is 0.588. The Morgan fingerprint density at radius 2 is 1.56 bits per heavy atom. The first-order valence-corrected chi connectivity index (χ1v) is 8.53. The predicted octanol–water partition coefficient (Wildman–Crippen LogP) is 4.38. The molecule has 2 N–H and O–H groups in total. The number of methoxy groups -OCH3 is 2. The van der Waals surface area contributed by atoms with Gasteiger partial charge in [-0.1, -0.05) is 12.1 Å². The first kappa shape index (κ1) is 18.3. The summed E-state index contributed by atoms with van der Waals surface area (Å²) in [4.78, 5) is 8.56. The molecule has 7 heteroatoms. The molecule has 0 radical (unpaired) electrons. The summed E-state index contributed by atoms with van der Waals surface area (Å²) in [7, 11) is 3.23. The second-order valence-corrected chi connectivity index (χ2v) is 5.53. The Morgan fingerprint density at radius 1 is 0.815 bits per heavy atom. The lowest BCUT2D eigenvalue weighted by atomic mass is 10.2. The molecule has 2 aromatic carbocycles. The van der Waals surface area contributed by atoms with Crippen LogP contribution in [0.4, 0.5) is 23.0 Å². The van der Waals surface area contributed by atoms with Crippen molar-refractivity contribution in [3.8, 4) is 17.2 Å². The number of rotatable bonds is 8. The zero-order valence-corrected chi connectivity index (χ0v) is 15.5. The van der Waals surface area contributed by atoms with Gasteiger partial charge in [0.05, 0.1) is 32.2 Å². The summed E-state index contributed by atoms with van der Waals surface area (Å²) < 4.78 is 16.3. The third-order valence-electron chi connectivity index (χ3n) is 3.79. The number of benzene rings is 2. The molecular weight excluding hydrogens is 344 g/mol.